The molecule has 1 amide bonds. The largest absolute Gasteiger partial charge is 0.377 e. The van der Waals surface area contributed by atoms with Gasteiger partial charge in [0.1, 0.15) is 0 Å². The average Bonchev–Trinajstić information content (AvgIpc) is 2.70. The third-order valence-electron chi connectivity index (χ3n) is 5.04. The molecule has 0 saturated heterocycles. The van der Waals surface area contributed by atoms with Crippen LogP contribution in [0.3, 0.4) is 0 Å². The molecule has 2 heterocycles. The van der Waals surface area contributed by atoms with Crippen molar-refractivity contribution in [3.05, 3.63) is 38.5 Å². The molecule has 0 aliphatic carbocycles. The summed E-state index contributed by atoms with van der Waals surface area (Å²) in [4.78, 5) is 49.8. The summed E-state index contributed by atoms with van der Waals surface area (Å²) in [5.74, 6) is -0.420. The second kappa shape index (κ2) is 9.04. The minimum Gasteiger partial charge on any atom is -0.377 e. The molecule has 0 aliphatic rings. The van der Waals surface area contributed by atoms with Crippen LogP contribution in [0, 0.1) is 6.92 Å². The SMILES string of the molecule is Cc1cc2nc3c(=O)n(CCCCCCC(=O)NO)c(=O)[nH]c3nc2cc1N(C)C. The first-order valence-electron chi connectivity index (χ1n) is 9.87. The average molecular weight is 414 g/mol. The molecule has 3 aromatic rings. The molecule has 0 fully saturated rings. The van der Waals surface area contributed by atoms with Crippen molar-refractivity contribution < 1.29 is 10.0 Å². The highest BCUT2D eigenvalue weighted by atomic mass is 16.5. The third kappa shape index (κ3) is 4.48. The highest BCUT2D eigenvalue weighted by Crippen LogP contribution is 2.23. The summed E-state index contributed by atoms with van der Waals surface area (Å²) in [5.41, 5.74) is 4.15. The summed E-state index contributed by atoms with van der Waals surface area (Å²) in [6.45, 7) is 2.23. The standard InChI is InChI=1S/C20H26N6O4/c1-12-10-13-14(11-15(12)25(2)3)22-18-17(21-13)19(28)26(20(29)23-18)9-7-5-4-6-8-16(27)24-30/h10-11,30H,4-9H2,1-3H3,(H,24,27)(H,22,23,29). The molecule has 0 radical (unpaired) electrons. The predicted octanol–water partition coefficient (Wildman–Crippen LogP) is 1.46. The van der Waals surface area contributed by atoms with E-state index in [1.165, 1.54) is 0 Å². The maximum Gasteiger partial charge on any atom is 0.330 e. The van der Waals surface area contributed by atoms with Crippen molar-refractivity contribution in [3.8, 4) is 0 Å². The zero-order valence-electron chi connectivity index (χ0n) is 17.4. The number of anilines is 1. The van der Waals surface area contributed by atoms with E-state index in [-0.39, 0.29) is 24.1 Å². The van der Waals surface area contributed by atoms with Gasteiger partial charge in [-0.25, -0.2) is 20.2 Å². The molecule has 0 spiro atoms. The Kier molecular flexibility index (Phi) is 6.46. The summed E-state index contributed by atoms with van der Waals surface area (Å²) < 4.78 is 1.14. The van der Waals surface area contributed by atoms with Gasteiger partial charge < -0.3 is 4.90 Å². The van der Waals surface area contributed by atoms with Crippen LogP contribution in [0.5, 0.6) is 0 Å². The molecule has 1 aromatic carbocycles. The first-order chi connectivity index (χ1) is 14.3. The van der Waals surface area contributed by atoms with Gasteiger partial charge in [0.05, 0.1) is 11.0 Å². The number of H-pyrrole nitrogens is 1. The number of nitrogens with one attached hydrogen (secondary N) is 2. The van der Waals surface area contributed by atoms with Crippen LogP contribution < -0.4 is 21.6 Å². The summed E-state index contributed by atoms with van der Waals surface area (Å²) in [6.07, 6.45) is 2.98. The number of carbonyl (C=O) groups is 1. The number of rotatable bonds is 8. The zero-order chi connectivity index (χ0) is 21.8. The highest BCUT2D eigenvalue weighted by molar-refractivity contribution is 5.87. The number of amides is 1. The van der Waals surface area contributed by atoms with Crippen LogP contribution in [-0.2, 0) is 11.3 Å². The summed E-state index contributed by atoms with van der Waals surface area (Å²) >= 11 is 0. The number of carbonyl (C=O) groups excluding carboxylic acids is 1. The number of benzene rings is 1. The monoisotopic (exact) mass is 414 g/mol. The Labute approximate surface area is 172 Å². The van der Waals surface area contributed by atoms with Gasteiger partial charge in [-0.3, -0.25) is 24.3 Å². The number of hydrogen-bond donors (Lipinski definition) is 3. The number of nitrogens with zero attached hydrogens (tertiary/aromatic N) is 4. The maximum atomic E-state index is 12.9. The Bertz CT molecular complexity index is 1200. The van der Waals surface area contributed by atoms with Crippen LogP contribution in [-0.4, -0.2) is 44.7 Å². The van der Waals surface area contributed by atoms with E-state index in [2.05, 4.69) is 15.0 Å². The lowest BCUT2D eigenvalue weighted by atomic mass is 10.1. The molecule has 3 rings (SSSR count). The summed E-state index contributed by atoms with van der Waals surface area (Å²) in [7, 11) is 3.87. The first-order valence-corrected chi connectivity index (χ1v) is 9.87. The third-order valence-corrected chi connectivity index (χ3v) is 5.04. The van der Waals surface area contributed by atoms with Crippen molar-refractivity contribution in [2.45, 2.75) is 45.6 Å². The lowest BCUT2D eigenvalue weighted by molar-refractivity contribution is -0.129. The van der Waals surface area contributed by atoms with Crippen molar-refractivity contribution in [1.82, 2.24) is 25.0 Å². The van der Waals surface area contributed by atoms with E-state index < -0.39 is 17.2 Å². The molecule has 30 heavy (non-hydrogen) atoms. The van der Waals surface area contributed by atoms with Gasteiger partial charge in [-0.1, -0.05) is 12.8 Å². The van der Waals surface area contributed by atoms with Crippen molar-refractivity contribution in [1.29, 1.82) is 0 Å². The van der Waals surface area contributed by atoms with E-state index in [0.29, 0.717) is 23.9 Å². The highest BCUT2D eigenvalue weighted by Gasteiger charge is 2.13. The van der Waals surface area contributed by atoms with Gasteiger partial charge in [-0.2, -0.15) is 0 Å². The van der Waals surface area contributed by atoms with E-state index in [1.54, 1.807) is 5.48 Å². The lowest BCUT2D eigenvalue weighted by Crippen LogP contribution is -2.35. The van der Waals surface area contributed by atoms with Crippen LogP contribution in [0.25, 0.3) is 22.2 Å². The summed E-state index contributed by atoms with van der Waals surface area (Å²) in [6, 6.07) is 3.77. The van der Waals surface area contributed by atoms with E-state index in [9.17, 15) is 14.4 Å². The number of fused-ring (bicyclic) bond motifs is 2. The molecule has 2 aromatic heterocycles. The fourth-order valence-electron chi connectivity index (χ4n) is 3.47. The number of aromatic amines is 1. The zero-order valence-corrected chi connectivity index (χ0v) is 17.4. The molecule has 160 valence electrons. The Morgan fingerprint density at radius 2 is 1.83 bits per heavy atom. The smallest absolute Gasteiger partial charge is 0.330 e. The van der Waals surface area contributed by atoms with Gasteiger partial charge in [0, 0.05) is 32.7 Å². The molecule has 3 N–H and O–H groups in total. The molecule has 10 nitrogen and oxygen atoms in total. The van der Waals surface area contributed by atoms with E-state index in [1.807, 2.05) is 38.1 Å². The van der Waals surface area contributed by atoms with Gasteiger partial charge >= 0.3 is 5.69 Å². The molecule has 0 bridgehead atoms. The van der Waals surface area contributed by atoms with E-state index >= 15 is 0 Å². The molecule has 0 aliphatic heterocycles. The lowest BCUT2D eigenvalue weighted by Gasteiger charge is -2.16. The van der Waals surface area contributed by atoms with Gasteiger partial charge in [-0.05, 0) is 37.5 Å². The van der Waals surface area contributed by atoms with Crippen LogP contribution in [0.4, 0.5) is 5.69 Å². The molecule has 0 saturated carbocycles. The van der Waals surface area contributed by atoms with Crippen LogP contribution >= 0.6 is 0 Å². The first kappa shape index (κ1) is 21.4. The molecular weight excluding hydrogens is 388 g/mol. The van der Waals surface area contributed by atoms with Gasteiger partial charge in [-0.15, -0.1) is 0 Å². The Morgan fingerprint density at radius 1 is 1.13 bits per heavy atom. The molecule has 0 unspecified atom stereocenters. The van der Waals surface area contributed by atoms with Crippen molar-refractivity contribution >= 4 is 33.8 Å². The fraction of sp³-hybridized carbons (Fsp3) is 0.450. The van der Waals surface area contributed by atoms with Crippen molar-refractivity contribution in [2.75, 3.05) is 19.0 Å². The Hall–Kier alpha value is -3.27. The second-order valence-electron chi connectivity index (χ2n) is 7.53. The fourth-order valence-corrected chi connectivity index (χ4v) is 3.47. The maximum absolute atomic E-state index is 12.9. The number of aryl methyl sites for hydroxylation is 1. The Balaban J connectivity index is 1.84. The normalized spacial score (nSPS) is 11.2. The van der Waals surface area contributed by atoms with Crippen molar-refractivity contribution in [3.63, 3.8) is 0 Å². The second-order valence-corrected chi connectivity index (χ2v) is 7.53. The van der Waals surface area contributed by atoms with Crippen LogP contribution in [0.1, 0.15) is 37.7 Å². The van der Waals surface area contributed by atoms with E-state index in [0.717, 1.165) is 28.7 Å². The number of hydrogen-bond acceptors (Lipinski definition) is 7. The van der Waals surface area contributed by atoms with Gasteiger partial charge in [0.25, 0.3) is 5.56 Å². The van der Waals surface area contributed by atoms with E-state index in [4.69, 9.17) is 5.21 Å². The van der Waals surface area contributed by atoms with Gasteiger partial charge in [0.2, 0.25) is 5.91 Å². The minimum atomic E-state index is -0.513. The summed E-state index contributed by atoms with van der Waals surface area (Å²) in [5, 5.41) is 8.46. The minimum absolute atomic E-state index is 0.138. The van der Waals surface area contributed by atoms with Crippen molar-refractivity contribution in [2.24, 2.45) is 0 Å². The van der Waals surface area contributed by atoms with Crippen LogP contribution in [0.15, 0.2) is 21.7 Å². The number of unbranched alkanes of at least 4 members (excludes halogenated alkanes) is 3. The molecule has 0 atom stereocenters. The van der Waals surface area contributed by atoms with Gasteiger partial charge in [0.15, 0.2) is 11.2 Å². The van der Waals surface area contributed by atoms with Crippen LogP contribution in [0.2, 0.25) is 0 Å². The number of hydroxylamine groups is 1. The molecule has 10 heteroatoms. The number of aromatic nitrogens is 4. The Morgan fingerprint density at radius 3 is 2.53 bits per heavy atom. The molecular formula is C20H26N6O4. The topological polar surface area (TPSA) is 133 Å². The predicted molar refractivity (Wildman–Crippen MR) is 114 cm³/mol. The quantitative estimate of drug-likeness (QED) is 0.220.